The molecule has 2 amide bonds. The third-order valence-electron chi connectivity index (χ3n) is 4.49. The maximum atomic E-state index is 12.3. The first-order valence-electron chi connectivity index (χ1n) is 9.27. The van der Waals surface area contributed by atoms with E-state index in [2.05, 4.69) is 0 Å². The van der Waals surface area contributed by atoms with E-state index in [4.69, 9.17) is 9.47 Å². The molecule has 28 heavy (non-hydrogen) atoms. The lowest BCUT2D eigenvalue weighted by molar-refractivity contribution is -0.141. The minimum atomic E-state index is -0.0804. The number of benzene rings is 2. The summed E-state index contributed by atoms with van der Waals surface area (Å²) < 4.78 is 11.0. The molecule has 148 valence electrons. The van der Waals surface area contributed by atoms with Crippen LogP contribution in [0.15, 0.2) is 54.6 Å². The molecule has 0 bridgehead atoms. The number of hydrogen-bond acceptors (Lipinski definition) is 5. The molecule has 0 radical (unpaired) electrons. The second kappa shape index (κ2) is 9.64. The maximum Gasteiger partial charge on any atom is 0.260 e. The Morgan fingerprint density at radius 2 is 1.46 bits per heavy atom. The summed E-state index contributed by atoms with van der Waals surface area (Å²) in [5.41, 5.74) is 0. The van der Waals surface area contributed by atoms with Crippen molar-refractivity contribution in [1.82, 2.24) is 9.80 Å². The monoisotopic (exact) mass is 384 g/mol. The summed E-state index contributed by atoms with van der Waals surface area (Å²) in [6.45, 7) is 2.23. The molecule has 7 nitrogen and oxygen atoms in total. The summed E-state index contributed by atoms with van der Waals surface area (Å²) >= 11 is 0. The highest BCUT2D eigenvalue weighted by Gasteiger charge is 2.24. The Hall–Kier alpha value is -3.22. The standard InChI is InChI=1S/C21H24N2O5/c24-17-5-4-8-19(15-17)27-14-9-20(25)22-10-12-23(13-11-22)21(26)16-28-18-6-2-1-3-7-18/h1-8,15,24H,9-14,16H2. The van der Waals surface area contributed by atoms with Crippen molar-refractivity contribution in [2.45, 2.75) is 6.42 Å². The maximum absolute atomic E-state index is 12.3. The van der Waals surface area contributed by atoms with Gasteiger partial charge in [0.15, 0.2) is 6.61 Å². The van der Waals surface area contributed by atoms with Crippen LogP contribution in [0, 0.1) is 0 Å². The van der Waals surface area contributed by atoms with Crippen LogP contribution in [-0.4, -0.2) is 66.1 Å². The number of piperazine rings is 1. The van der Waals surface area contributed by atoms with E-state index in [0.717, 1.165) is 0 Å². The van der Waals surface area contributed by atoms with Crippen LogP contribution < -0.4 is 9.47 Å². The summed E-state index contributed by atoms with van der Waals surface area (Å²) in [5.74, 6) is 1.23. The molecule has 0 aromatic heterocycles. The van der Waals surface area contributed by atoms with Crippen LogP contribution in [0.5, 0.6) is 17.2 Å². The number of phenols is 1. The molecular weight excluding hydrogens is 360 g/mol. The third kappa shape index (κ3) is 5.64. The third-order valence-corrected chi connectivity index (χ3v) is 4.49. The van der Waals surface area contributed by atoms with Gasteiger partial charge in [0.1, 0.15) is 17.2 Å². The molecule has 1 aliphatic heterocycles. The van der Waals surface area contributed by atoms with E-state index in [1.54, 1.807) is 28.0 Å². The molecule has 2 aromatic carbocycles. The van der Waals surface area contributed by atoms with Gasteiger partial charge < -0.3 is 24.4 Å². The fourth-order valence-corrected chi connectivity index (χ4v) is 2.95. The number of amides is 2. The van der Waals surface area contributed by atoms with Crippen LogP contribution in [-0.2, 0) is 9.59 Å². The van der Waals surface area contributed by atoms with Gasteiger partial charge in [-0.3, -0.25) is 9.59 Å². The van der Waals surface area contributed by atoms with Crippen molar-refractivity contribution in [2.24, 2.45) is 0 Å². The topological polar surface area (TPSA) is 79.3 Å². The Bertz CT molecular complexity index is 788. The summed E-state index contributed by atoms with van der Waals surface area (Å²) in [6, 6.07) is 15.7. The molecule has 1 heterocycles. The Balaban J connectivity index is 1.35. The van der Waals surface area contributed by atoms with Gasteiger partial charge in [0.2, 0.25) is 5.91 Å². The number of ether oxygens (including phenoxy) is 2. The SMILES string of the molecule is O=C(CCOc1cccc(O)c1)N1CCN(C(=O)COc2ccccc2)CC1. The van der Waals surface area contributed by atoms with E-state index in [0.29, 0.717) is 37.7 Å². The molecule has 2 aromatic rings. The number of aromatic hydroxyl groups is 1. The molecular formula is C21H24N2O5. The normalized spacial score (nSPS) is 13.9. The number of carbonyl (C=O) groups excluding carboxylic acids is 2. The number of phenolic OH excluding ortho intramolecular Hbond substituents is 1. The zero-order valence-electron chi connectivity index (χ0n) is 15.6. The highest BCUT2D eigenvalue weighted by atomic mass is 16.5. The lowest BCUT2D eigenvalue weighted by atomic mass is 10.2. The fraction of sp³-hybridized carbons (Fsp3) is 0.333. The number of para-hydroxylation sites is 1. The molecule has 0 atom stereocenters. The minimum absolute atomic E-state index is 0.00425. The molecule has 0 aliphatic carbocycles. The zero-order valence-corrected chi connectivity index (χ0v) is 15.6. The van der Waals surface area contributed by atoms with Crippen LogP contribution in [0.3, 0.4) is 0 Å². The average Bonchev–Trinajstić information content (AvgIpc) is 2.73. The number of hydrogen-bond donors (Lipinski definition) is 1. The van der Waals surface area contributed by atoms with Gasteiger partial charge in [0.25, 0.3) is 5.91 Å². The first-order valence-corrected chi connectivity index (χ1v) is 9.27. The van der Waals surface area contributed by atoms with Gasteiger partial charge >= 0.3 is 0 Å². The Morgan fingerprint density at radius 3 is 2.14 bits per heavy atom. The van der Waals surface area contributed by atoms with E-state index in [-0.39, 0.29) is 37.2 Å². The summed E-state index contributed by atoms with van der Waals surface area (Å²) in [5, 5.41) is 9.40. The van der Waals surface area contributed by atoms with Crippen LogP contribution >= 0.6 is 0 Å². The Kier molecular flexibility index (Phi) is 6.73. The van der Waals surface area contributed by atoms with Crippen molar-refractivity contribution in [1.29, 1.82) is 0 Å². The molecule has 0 saturated carbocycles. The van der Waals surface area contributed by atoms with Crippen LogP contribution in [0.25, 0.3) is 0 Å². The predicted molar refractivity (Wildman–Crippen MR) is 103 cm³/mol. The van der Waals surface area contributed by atoms with Gasteiger partial charge in [0.05, 0.1) is 13.0 Å². The van der Waals surface area contributed by atoms with Gasteiger partial charge in [-0.1, -0.05) is 24.3 Å². The van der Waals surface area contributed by atoms with E-state index in [9.17, 15) is 14.7 Å². The van der Waals surface area contributed by atoms with Gasteiger partial charge in [0, 0.05) is 32.2 Å². The van der Waals surface area contributed by atoms with Gasteiger partial charge in [-0.2, -0.15) is 0 Å². The van der Waals surface area contributed by atoms with Crippen molar-refractivity contribution in [3.8, 4) is 17.2 Å². The largest absolute Gasteiger partial charge is 0.508 e. The first kappa shape index (κ1) is 19.5. The van der Waals surface area contributed by atoms with E-state index in [1.165, 1.54) is 6.07 Å². The molecule has 1 aliphatic rings. The summed E-state index contributed by atoms with van der Waals surface area (Å²) in [7, 11) is 0. The number of carbonyl (C=O) groups is 2. The van der Waals surface area contributed by atoms with E-state index < -0.39 is 0 Å². The van der Waals surface area contributed by atoms with Crippen LogP contribution in [0.2, 0.25) is 0 Å². The molecule has 1 saturated heterocycles. The Labute approximate surface area is 164 Å². The lowest BCUT2D eigenvalue weighted by Gasteiger charge is -2.34. The predicted octanol–water partition coefficient (Wildman–Crippen LogP) is 1.91. The first-order chi connectivity index (χ1) is 13.6. The average molecular weight is 384 g/mol. The minimum Gasteiger partial charge on any atom is -0.508 e. The van der Waals surface area contributed by atoms with Crippen molar-refractivity contribution in [2.75, 3.05) is 39.4 Å². The number of nitrogens with zero attached hydrogens (tertiary/aromatic N) is 2. The van der Waals surface area contributed by atoms with E-state index >= 15 is 0 Å². The van der Waals surface area contributed by atoms with Crippen LogP contribution in [0.1, 0.15) is 6.42 Å². The van der Waals surface area contributed by atoms with Crippen molar-refractivity contribution < 1.29 is 24.2 Å². The van der Waals surface area contributed by atoms with Crippen molar-refractivity contribution in [3.63, 3.8) is 0 Å². The zero-order chi connectivity index (χ0) is 19.8. The molecule has 7 heteroatoms. The summed E-state index contributed by atoms with van der Waals surface area (Å²) in [6.07, 6.45) is 0.251. The molecule has 3 rings (SSSR count). The van der Waals surface area contributed by atoms with Crippen LogP contribution in [0.4, 0.5) is 0 Å². The second-order valence-electron chi connectivity index (χ2n) is 6.46. The lowest BCUT2D eigenvalue weighted by Crippen LogP contribution is -2.51. The van der Waals surface area contributed by atoms with Crippen molar-refractivity contribution in [3.05, 3.63) is 54.6 Å². The molecule has 1 fully saturated rings. The Morgan fingerprint density at radius 1 is 0.821 bits per heavy atom. The summed E-state index contributed by atoms with van der Waals surface area (Å²) in [4.78, 5) is 28.0. The molecule has 1 N–H and O–H groups in total. The quantitative estimate of drug-likeness (QED) is 0.789. The van der Waals surface area contributed by atoms with E-state index in [1.807, 2.05) is 30.3 Å². The molecule has 0 spiro atoms. The number of rotatable bonds is 7. The van der Waals surface area contributed by atoms with Gasteiger partial charge in [-0.05, 0) is 24.3 Å². The fourth-order valence-electron chi connectivity index (χ4n) is 2.95. The second-order valence-corrected chi connectivity index (χ2v) is 6.46. The van der Waals surface area contributed by atoms with Gasteiger partial charge in [-0.15, -0.1) is 0 Å². The van der Waals surface area contributed by atoms with Gasteiger partial charge in [-0.25, -0.2) is 0 Å². The highest BCUT2D eigenvalue weighted by Crippen LogP contribution is 2.18. The molecule has 0 unspecified atom stereocenters. The van der Waals surface area contributed by atoms with Crippen molar-refractivity contribution >= 4 is 11.8 Å². The smallest absolute Gasteiger partial charge is 0.260 e. The highest BCUT2D eigenvalue weighted by molar-refractivity contribution is 5.79.